The number of H-pyrrole nitrogens is 1. The Morgan fingerprint density at radius 3 is 2.66 bits per heavy atom. The van der Waals surface area contributed by atoms with Crippen LogP contribution in [0.25, 0.3) is 0 Å². The molecule has 2 atom stereocenters. The van der Waals surface area contributed by atoms with Gasteiger partial charge in [0.15, 0.2) is 0 Å². The number of hydrogen-bond donors (Lipinski definition) is 2. The van der Waals surface area contributed by atoms with Crippen molar-refractivity contribution in [2.75, 3.05) is 17.7 Å². The van der Waals surface area contributed by atoms with Gasteiger partial charge in [0.25, 0.3) is 11.2 Å². The summed E-state index contributed by atoms with van der Waals surface area (Å²) in [5, 5.41) is 16.3. The van der Waals surface area contributed by atoms with Crippen molar-refractivity contribution < 1.29 is 14.5 Å². The van der Waals surface area contributed by atoms with Crippen LogP contribution in [0.5, 0.6) is 0 Å². The fourth-order valence-electron chi connectivity index (χ4n) is 3.97. The molecule has 3 heterocycles. The molecule has 0 aliphatic carbocycles. The molecule has 4 rings (SSSR count). The first kappa shape index (κ1) is 19.7. The number of anilines is 1. The molecule has 0 unspecified atom stereocenters. The third kappa shape index (κ3) is 3.82. The van der Waals surface area contributed by atoms with Gasteiger partial charge >= 0.3 is 0 Å². The van der Waals surface area contributed by atoms with Gasteiger partial charge in [-0.3, -0.25) is 29.5 Å². The first-order valence-electron chi connectivity index (χ1n) is 9.39. The van der Waals surface area contributed by atoms with Crippen molar-refractivity contribution in [3.63, 3.8) is 0 Å². The van der Waals surface area contributed by atoms with Crippen molar-refractivity contribution in [2.45, 2.75) is 43.6 Å². The highest BCUT2D eigenvalue weighted by molar-refractivity contribution is 8.00. The lowest BCUT2D eigenvalue weighted by atomic mass is 9.94. The number of aromatic amines is 1. The minimum absolute atomic E-state index is 0.00360. The number of carbonyl (C=O) groups is 1. The molecule has 2 aliphatic rings. The van der Waals surface area contributed by atoms with Gasteiger partial charge in [0, 0.05) is 18.7 Å². The average molecular weight is 418 g/mol. The molecule has 1 fully saturated rings. The lowest BCUT2D eigenvalue weighted by molar-refractivity contribution is -0.384. The maximum absolute atomic E-state index is 12.9. The number of carbonyl (C=O) groups excluding carboxylic acids is 1. The van der Waals surface area contributed by atoms with E-state index in [2.05, 4.69) is 10.4 Å². The van der Waals surface area contributed by atoms with E-state index in [0.717, 1.165) is 12.0 Å². The Morgan fingerprint density at radius 1 is 1.28 bits per heavy atom. The van der Waals surface area contributed by atoms with Crippen molar-refractivity contribution in [3.05, 3.63) is 55.9 Å². The molecule has 0 spiro atoms. The predicted molar refractivity (Wildman–Crippen MR) is 109 cm³/mol. The molecule has 9 nitrogen and oxygen atoms in total. The van der Waals surface area contributed by atoms with Crippen molar-refractivity contribution in [2.24, 2.45) is 0 Å². The summed E-state index contributed by atoms with van der Waals surface area (Å²) in [6.45, 7) is 4.59. The quantitative estimate of drug-likeness (QED) is 0.584. The zero-order chi connectivity index (χ0) is 20.8. The molecule has 1 aromatic heterocycles. The van der Waals surface area contributed by atoms with Crippen LogP contribution in [0.15, 0.2) is 29.1 Å². The summed E-state index contributed by atoms with van der Waals surface area (Å²) in [5.74, 6) is 0.491. The monoisotopic (exact) mass is 418 g/mol. The van der Waals surface area contributed by atoms with Gasteiger partial charge in [0.05, 0.1) is 33.1 Å². The average Bonchev–Trinajstić information content (AvgIpc) is 2.87. The number of non-ortho nitro benzene ring substituents is 1. The Bertz CT molecular complexity index is 1010. The number of nitrogens with zero attached hydrogens (tertiary/aromatic N) is 2. The second-order valence-corrected chi connectivity index (χ2v) is 9.01. The molecule has 0 bridgehead atoms. The van der Waals surface area contributed by atoms with E-state index in [1.807, 2.05) is 13.8 Å². The van der Waals surface area contributed by atoms with Crippen molar-refractivity contribution in [1.29, 1.82) is 0 Å². The lowest BCUT2D eigenvalue weighted by Gasteiger charge is -2.36. The summed E-state index contributed by atoms with van der Waals surface area (Å²) in [6, 6.07) is 6.12. The van der Waals surface area contributed by atoms with Crippen molar-refractivity contribution >= 4 is 29.2 Å². The van der Waals surface area contributed by atoms with Crippen LogP contribution in [-0.2, 0) is 9.53 Å². The number of nitro benzene ring substituents is 1. The smallest absolute Gasteiger partial charge is 0.270 e. The van der Waals surface area contributed by atoms with Crippen LogP contribution in [0.1, 0.15) is 49.1 Å². The standard InChI is InChI=1S/C19H22N4O5S/c1-19(2)9-13(7-8-28-19)22-17-15(18(25)21-22)16(29-10-14(24)20-17)11-3-5-12(6-4-11)23(26)27/h3-6,13,16H,7-10H2,1-2H3,(H,20,24)(H,21,25)/t13-,16-/m0/s1. The number of rotatable bonds is 3. The predicted octanol–water partition coefficient (Wildman–Crippen LogP) is 2.99. The topological polar surface area (TPSA) is 119 Å². The van der Waals surface area contributed by atoms with Crippen LogP contribution < -0.4 is 10.9 Å². The summed E-state index contributed by atoms with van der Waals surface area (Å²) in [5.41, 5.74) is 0.617. The molecular formula is C19H22N4O5S. The SMILES string of the molecule is CC1(C)C[C@@H](n2[nH]c(=O)c3c2NC(=O)CS[C@H]3c2ccc([N+](=O)[O-])cc2)CCO1. The number of thioether (sulfide) groups is 1. The Hall–Kier alpha value is -2.59. The van der Waals surface area contributed by atoms with Gasteiger partial charge in [-0.15, -0.1) is 11.8 Å². The number of amides is 1. The summed E-state index contributed by atoms with van der Waals surface area (Å²) in [6.07, 6.45) is 1.43. The number of nitro groups is 1. The Balaban J connectivity index is 1.77. The van der Waals surface area contributed by atoms with Crippen molar-refractivity contribution in [3.8, 4) is 0 Å². The third-order valence-electron chi connectivity index (χ3n) is 5.31. The van der Waals surface area contributed by atoms with E-state index in [4.69, 9.17) is 4.74 Å². The highest BCUT2D eigenvalue weighted by Gasteiger charge is 2.36. The number of ether oxygens (including phenoxy) is 1. The van der Waals surface area contributed by atoms with Crippen LogP contribution in [0.2, 0.25) is 0 Å². The number of hydrogen-bond acceptors (Lipinski definition) is 6. The van der Waals surface area contributed by atoms with Crippen LogP contribution in [0.4, 0.5) is 11.5 Å². The number of nitrogens with one attached hydrogen (secondary N) is 2. The molecule has 2 aliphatic heterocycles. The van der Waals surface area contributed by atoms with Gasteiger partial charge in [0.1, 0.15) is 5.82 Å². The van der Waals surface area contributed by atoms with Crippen molar-refractivity contribution in [1.82, 2.24) is 9.78 Å². The van der Waals surface area contributed by atoms with E-state index < -0.39 is 10.2 Å². The second kappa shape index (κ2) is 7.34. The van der Waals surface area contributed by atoms with E-state index in [0.29, 0.717) is 24.4 Å². The maximum atomic E-state index is 12.9. The number of fused-ring (bicyclic) bond motifs is 1. The van der Waals surface area contributed by atoms with Gasteiger partial charge in [0.2, 0.25) is 5.91 Å². The maximum Gasteiger partial charge on any atom is 0.270 e. The summed E-state index contributed by atoms with van der Waals surface area (Å²) >= 11 is 1.34. The summed E-state index contributed by atoms with van der Waals surface area (Å²) in [4.78, 5) is 35.8. The lowest BCUT2D eigenvalue weighted by Crippen LogP contribution is -2.36. The van der Waals surface area contributed by atoms with Gasteiger partial charge < -0.3 is 10.1 Å². The molecule has 0 radical (unpaired) electrons. The van der Waals surface area contributed by atoms with E-state index in [9.17, 15) is 19.7 Å². The normalized spacial score (nSPS) is 23.7. The molecule has 2 N–H and O–H groups in total. The molecule has 154 valence electrons. The molecular weight excluding hydrogens is 396 g/mol. The highest BCUT2D eigenvalue weighted by Crippen LogP contribution is 2.42. The van der Waals surface area contributed by atoms with Crippen LogP contribution in [-0.4, -0.2) is 38.6 Å². The Morgan fingerprint density at radius 2 is 2.00 bits per heavy atom. The molecule has 0 saturated carbocycles. The second-order valence-electron chi connectivity index (χ2n) is 7.92. The van der Waals surface area contributed by atoms with E-state index in [1.165, 1.54) is 23.9 Å². The fourth-order valence-corrected chi connectivity index (χ4v) is 5.10. The largest absolute Gasteiger partial charge is 0.375 e. The van der Waals surface area contributed by atoms with E-state index in [1.54, 1.807) is 16.8 Å². The fraction of sp³-hybridized carbons (Fsp3) is 0.474. The number of aromatic nitrogens is 2. The zero-order valence-corrected chi connectivity index (χ0v) is 17.0. The molecule has 10 heteroatoms. The Kier molecular flexibility index (Phi) is 4.99. The van der Waals surface area contributed by atoms with E-state index >= 15 is 0 Å². The summed E-state index contributed by atoms with van der Waals surface area (Å²) in [7, 11) is 0. The van der Waals surface area contributed by atoms with Gasteiger partial charge in [-0.1, -0.05) is 12.1 Å². The molecule has 1 aromatic carbocycles. The molecule has 1 amide bonds. The zero-order valence-electron chi connectivity index (χ0n) is 16.1. The summed E-state index contributed by atoms with van der Waals surface area (Å²) < 4.78 is 7.55. The molecule has 2 aromatic rings. The minimum atomic E-state index is -0.462. The van der Waals surface area contributed by atoms with E-state index in [-0.39, 0.29) is 34.5 Å². The third-order valence-corrected chi connectivity index (χ3v) is 6.58. The first-order chi connectivity index (χ1) is 13.7. The Labute approximate surface area is 170 Å². The van der Waals surface area contributed by atoms with Crippen LogP contribution in [0, 0.1) is 10.1 Å². The van der Waals surface area contributed by atoms with Gasteiger partial charge in [-0.25, -0.2) is 0 Å². The molecule has 1 saturated heterocycles. The van der Waals surface area contributed by atoms with Gasteiger partial charge in [-0.05, 0) is 32.3 Å². The highest BCUT2D eigenvalue weighted by atomic mass is 32.2. The molecule has 29 heavy (non-hydrogen) atoms. The van der Waals surface area contributed by atoms with Crippen LogP contribution >= 0.6 is 11.8 Å². The van der Waals surface area contributed by atoms with Gasteiger partial charge in [-0.2, -0.15) is 0 Å². The first-order valence-corrected chi connectivity index (χ1v) is 10.4. The van der Waals surface area contributed by atoms with Crippen LogP contribution in [0.3, 0.4) is 0 Å². The minimum Gasteiger partial charge on any atom is -0.375 e. The number of benzene rings is 1.